The summed E-state index contributed by atoms with van der Waals surface area (Å²) in [5.41, 5.74) is 1.43. The fourth-order valence-electron chi connectivity index (χ4n) is 4.30. The quantitative estimate of drug-likeness (QED) is 0.883. The highest BCUT2D eigenvalue weighted by Crippen LogP contribution is 2.51. The van der Waals surface area contributed by atoms with Gasteiger partial charge in [-0.15, -0.1) is 0 Å². The van der Waals surface area contributed by atoms with E-state index >= 15 is 0 Å². The summed E-state index contributed by atoms with van der Waals surface area (Å²) < 4.78 is 7.18. The molecule has 1 amide bonds. The van der Waals surface area contributed by atoms with Crippen molar-refractivity contribution in [2.75, 3.05) is 5.32 Å². The minimum absolute atomic E-state index is 0.210. The highest BCUT2D eigenvalue weighted by atomic mass is 16.5. The second kappa shape index (κ2) is 6.32. The number of nitrogens with one attached hydrogen (secondary N) is 1. The molecule has 5 rings (SSSR count). The lowest BCUT2D eigenvalue weighted by molar-refractivity contribution is 0.0449. The maximum atomic E-state index is 12.3. The number of aromatic nitrogens is 3. The lowest BCUT2D eigenvalue weighted by Gasteiger charge is -2.46. The van der Waals surface area contributed by atoms with E-state index in [2.05, 4.69) is 15.6 Å². The van der Waals surface area contributed by atoms with Crippen molar-refractivity contribution in [3.8, 4) is 0 Å². The van der Waals surface area contributed by atoms with E-state index in [9.17, 15) is 4.79 Å². The largest absolute Gasteiger partial charge is 0.360 e. The standard InChI is InChI=1S/C19H26N4O2/c1-13(2)17-9-16(22-25-17)18(24)21-15-10-20-23(11-15)12-19-6-3-14(4-7-19)5-8-19/h9-11,13-14H,3-8,12H2,1-2H3,(H,21,24). The van der Waals surface area contributed by atoms with Crippen LogP contribution in [0.25, 0.3) is 0 Å². The van der Waals surface area contributed by atoms with Crippen molar-refractivity contribution in [3.05, 3.63) is 29.9 Å². The number of hydrogen-bond acceptors (Lipinski definition) is 4. The summed E-state index contributed by atoms with van der Waals surface area (Å²) in [4.78, 5) is 12.3. The molecule has 2 aromatic rings. The Balaban J connectivity index is 1.40. The van der Waals surface area contributed by atoms with E-state index in [1.165, 1.54) is 38.5 Å². The van der Waals surface area contributed by atoms with Crippen molar-refractivity contribution in [1.29, 1.82) is 0 Å². The predicted molar refractivity (Wildman–Crippen MR) is 94.4 cm³/mol. The van der Waals surface area contributed by atoms with E-state index in [1.807, 2.05) is 24.7 Å². The maximum Gasteiger partial charge on any atom is 0.277 e. The van der Waals surface area contributed by atoms with Gasteiger partial charge in [0, 0.05) is 24.7 Å². The molecule has 3 fully saturated rings. The normalized spacial score (nSPS) is 25.5. The molecular weight excluding hydrogens is 316 g/mol. The molecule has 0 unspecified atom stereocenters. The summed E-state index contributed by atoms with van der Waals surface area (Å²) in [7, 11) is 0. The average Bonchev–Trinajstić information content (AvgIpc) is 3.26. The van der Waals surface area contributed by atoms with Crippen LogP contribution in [-0.2, 0) is 6.54 Å². The molecule has 1 N–H and O–H groups in total. The van der Waals surface area contributed by atoms with Gasteiger partial charge >= 0.3 is 0 Å². The number of carbonyl (C=O) groups is 1. The van der Waals surface area contributed by atoms with Gasteiger partial charge in [0.2, 0.25) is 0 Å². The Morgan fingerprint density at radius 3 is 2.72 bits per heavy atom. The van der Waals surface area contributed by atoms with Crippen LogP contribution in [0.1, 0.15) is 74.5 Å². The van der Waals surface area contributed by atoms with Crippen LogP contribution < -0.4 is 5.32 Å². The first-order valence-corrected chi connectivity index (χ1v) is 9.33. The van der Waals surface area contributed by atoms with Crippen LogP contribution >= 0.6 is 0 Å². The number of amides is 1. The third-order valence-corrected chi connectivity index (χ3v) is 5.97. The van der Waals surface area contributed by atoms with E-state index in [4.69, 9.17) is 4.52 Å². The van der Waals surface area contributed by atoms with Crippen molar-refractivity contribution in [2.45, 2.75) is 64.8 Å². The van der Waals surface area contributed by atoms with Gasteiger partial charge in [-0.1, -0.05) is 19.0 Å². The first-order chi connectivity index (χ1) is 12.0. The van der Waals surface area contributed by atoms with Gasteiger partial charge in [0.25, 0.3) is 5.91 Å². The minimum Gasteiger partial charge on any atom is -0.360 e. The lowest BCUT2D eigenvalue weighted by atomic mass is 9.61. The summed E-state index contributed by atoms with van der Waals surface area (Å²) in [6.45, 7) is 4.96. The van der Waals surface area contributed by atoms with Crippen molar-refractivity contribution in [2.24, 2.45) is 11.3 Å². The van der Waals surface area contributed by atoms with Crippen LogP contribution in [0.3, 0.4) is 0 Å². The molecule has 25 heavy (non-hydrogen) atoms. The third-order valence-electron chi connectivity index (χ3n) is 5.97. The molecule has 0 radical (unpaired) electrons. The molecule has 2 bridgehead atoms. The SMILES string of the molecule is CC(C)c1cc(C(=O)Nc2cnn(CC34CCC(CC3)CC4)c2)no1. The van der Waals surface area contributed by atoms with E-state index in [1.54, 1.807) is 12.3 Å². The molecule has 3 aliphatic rings. The molecular formula is C19H26N4O2. The topological polar surface area (TPSA) is 73.0 Å². The van der Waals surface area contributed by atoms with Crippen LogP contribution in [0.2, 0.25) is 0 Å². The molecule has 3 aliphatic carbocycles. The van der Waals surface area contributed by atoms with Crippen molar-refractivity contribution in [3.63, 3.8) is 0 Å². The molecule has 0 aliphatic heterocycles. The van der Waals surface area contributed by atoms with Crippen LogP contribution in [0.4, 0.5) is 5.69 Å². The number of hydrogen-bond donors (Lipinski definition) is 1. The van der Waals surface area contributed by atoms with Crippen LogP contribution in [-0.4, -0.2) is 20.8 Å². The number of carbonyl (C=O) groups excluding carboxylic acids is 1. The van der Waals surface area contributed by atoms with Crippen molar-refractivity contribution in [1.82, 2.24) is 14.9 Å². The van der Waals surface area contributed by atoms with Crippen molar-refractivity contribution < 1.29 is 9.32 Å². The second-order valence-electron chi connectivity index (χ2n) is 8.13. The molecule has 6 nitrogen and oxygen atoms in total. The summed E-state index contributed by atoms with van der Waals surface area (Å²) >= 11 is 0. The van der Waals surface area contributed by atoms with Gasteiger partial charge in [-0.3, -0.25) is 9.48 Å². The fourth-order valence-corrected chi connectivity index (χ4v) is 4.30. The first-order valence-electron chi connectivity index (χ1n) is 9.33. The third kappa shape index (κ3) is 3.34. The summed E-state index contributed by atoms with van der Waals surface area (Å²) in [6, 6.07) is 1.70. The highest BCUT2D eigenvalue weighted by molar-refractivity contribution is 6.02. The average molecular weight is 342 g/mol. The van der Waals surface area contributed by atoms with Gasteiger partial charge in [0.1, 0.15) is 5.76 Å². The number of rotatable bonds is 5. The molecule has 0 spiro atoms. The number of anilines is 1. The predicted octanol–water partition coefficient (Wildman–Crippen LogP) is 4.22. The lowest BCUT2D eigenvalue weighted by Crippen LogP contribution is -2.37. The van der Waals surface area contributed by atoms with E-state index < -0.39 is 0 Å². The van der Waals surface area contributed by atoms with Gasteiger partial charge in [-0.25, -0.2) is 0 Å². The van der Waals surface area contributed by atoms with Gasteiger partial charge in [-0.2, -0.15) is 5.10 Å². The summed E-state index contributed by atoms with van der Waals surface area (Å²) in [6.07, 6.45) is 11.7. The van der Waals surface area contributed by atoms with Crippen LogP contribution in [0, 0.1) is 11.3 Å². The molecule has 2 aromatic heterocycles. The zero-order valence-corrected chi connectivity index (χ0v) is 15.0. The van der Waals surface area contributed by atoms with E-state index in [0.29, 0.717) is 22.6 Å². The second-order valence-corrected chi connectivity index (χ2v) is 8.13. The Labute approximate surface area is 148 Å². The molecule has 0 aromatic carbocycles. The van der Waals surface area contributed by atoms with Crippen LogP contribution in [0.15, 0.2) is 23.0 Å². The smallest absolute Gasteiger partial charge is 0.277 e. The van der Waals surface area contributed by atoms with E-state index in [-0.39, 0.29) is 11.8 Å². The Morgan fingerprint density at radius 1 is 1.36 bits per heavy atom. The molecule has 2 heterocycles. The van der Waals surface area contributed by atoms with Gasteiger partial charge in [0.05, 0.1) is 11.9 Å². The zero-order valence-electron chi connectivity index (χ0n) is 15.0. The number of fused-ring (bicyclic) bond motifs is 3. The molecule has 3 saturated carbocycles. The Hall–Kier alpha value is -2.11. The van der Waals surface area contributed by atoms with Gasteiger partial charge < -0.3 is 9.84 Å². The molecule has 6 heteroatoms. The summed E-state index contributed by atoms with van der Waals surface area (Å²) in [5.74, 6) is 1.63. The molecule has 0 saturated heterocycles. The maximum absolute atomic E-state index is 12.3. The Kier molecular flexibility index (Phi) is 4.13. The highest BCUT2D eigenvalue weighted by Gasteiger charge is 2.40. The summed E-state index contributed by atoms with van der Waals surface area (Å²) in [5, 5.41) is 11.2. The Morgan fingerprint density at radius 2 is 2.08 bits per heavy atom. The van der Waals surface area contributed by atoms with Crippen molar-refractivity contribution >= 4 is 11.6 Å². The molecule has 0 atom stereocenters. The zero-order chi connectivity index (χ0) is 17.4. The van der Waals surface area contributed by atoms with Gasteiger partial charge in [-0.05, 0) is 49.9 Å². The first kappa shape index (κ1) is 16.4. The molecule has 134 valence electrons. The Bertz CT molecular complexity index is 739. The minimum atomic E-state index is -0.258. The number of nitrogens with zero attached hydrogens (tertiary/aromatic N) is 3. The van der Waals surface area contributed by atoms with E-state index in [0.717, 1.165) is 12.5 Å². The fraction of sp³-hybridized carbons (Fsp3) is 0.632. The monoisotopic (exact) mass is 342 g/mol. The van der Waals surface area contributed by atoms with Gasteiger partial charge in [0.15, 0.2) is 5.69 Å². The van der Waals surface area contributed by atoms with Crippen LogP contribution in [0.5, 0.6) is 0 Å².